The fourth-order valence-electron chi connectivity index (χ4n) is 1.99. The normalized spacial score (nSPS) is 20.8. The highest BCUT2D eigenvalue weighted by molar-refractivity contribution is 5.13. The first kappa shape index (κ1) is 12.2. The number of aromatic nitrogens is 1. The van der Waals surface area contributed by atoms with E-state index in [1.54, 1.807) is 0 Å². The molecular formula is C11H13F3N2O. The van der Waals surface area contributed by atoms with E-state index in [4.69, 9.17) is 0 Å². The van der Waals surface area contributed by atoms with Gasteiger partial charge in [0.05, 0.1) is 5.56 Å². The van der Waals surface area contributed by atoms with Gasteiger partial charge in [-0.15, -0.1) is 0 Å². The maximum absolute atomic E-state index is 12.5. The first-order chi connectivity index (χ1) is 7.97. The molecule has 1 fully saturated rings. The van der Waals surface area contributed by atoms with E-state index in [1.807, 2.05) is 0 Å². The molecule has 94 valence electrons. The van der Waals surface area contributed by atoms with E-state index in [0.717, 1.165) is 42.4 Å². The third kappa shape index (κ3) is 2.88. The van der Waals surface area contributed by atoms with Gasteiger partial charge in [-0.25, -0.2) is 0 Å². The largest absolute Gasteiger partial charge is 0.417 e. The van der Waals surface area contributed by atoms with Gasteiger partial charge in [-0.1, -0.05) is 0 Å². The minimum Gasteiger partial charge on any atom is -0.316 e. The zero-order valence-corrected chi connectivity index (χ0v) is 9.13. The van der Waals surface area contributed by atoms with E-state index in [0.29, 0.717) is 6.54 Å². The summed E-state index contributed by atoms with van der Waals surface area (Å²) < 4.78 is 38.6. The van der Waals surface area contributed by atoms with E-state index in [-0.39, 0.29) is 11.5 Å². The molecule has 1 saturated heterocycles. The second-order valence-corrected chi connectivity index (χ2v) is 4.26. The Hall–Kier alpha value is -1.30. The first-order valence-corrected chi connectivity index (χ1v) is 5.45. The number of nitrogens with one attached hydrogen (secondary N) is 1. The molecule has 1 aromatic heterocycles. The lowest BCUT2D eigenvalue weighted by Gasteiger charge is -2.13. The van der Waals surface area contributed by atoms with Crippen molar-refractivity contribution in [2.24, 2.45) is 5.92 Å². The van der Waals surface area contributed by atoms with Crippen molar-refractivity contribution in [2.45, 2.75) is 19.1 Å². The van der Waals surface area contributed by atoms with Crippen molar-refractivity contribution in [1.82, 2.24) is 9.88 Å². The van der Waals surface area contributed by atoms with E-state index in [9.17, 15) is 18.0 Å². The Bertz CT molecular complexity index is 447. The monoisotopic (exact) mass is 246 g/mol. The Morgan fingerprint density at radius 2 is 2.18 bits per heavy atom. The van der Waals surface area contributed by atoms with Crippen LogP contribution in [0.5, 0.6) is 0 Å². The van der Waals surface area contributed by atoms with Gasteiger partial charge >= 0.3 is 6.18 Å². The second kappa shape index (κ2) is 4.52. The number of halogens is 3. The Morgan fingerprint density at radius 1 is 1.41 bits per heavy atom. The van der Waals surface area contributed by atoms with Crippen LogP contribution < -0.4 is 10.9 Å². The molecule has 0 amide bonds. The van der Waals surface area contributed by atoms with Gasteiger partial charge in [0.15, 0.2) is 0 Å². The molecule has 0 bridgehead atoms. The zero-order chi connectivity index (χ0) is 12.5. The number of pyridine rings is 1. The second-order valence-electron chi connectivity index (χ2n) is 4.26. The minimum atomic E-state index is -4.40. The number of rotatable bonds is 2. The average molecular weight is 246 g/mol. The van der Waals surface area contributed by atoms with Crippen LogP contribution in [0.15, 0.2) is 23.1 Å². The van der Waals surface area contributed by atoms with Crippen molar-refractivity contribution in [3.05, 3.63) is 34.2 Å². The summed E-state index contributed by atoms with van der Waals surface area (Å²) in [5, 5.41) is 3.12. The molecule has 1 atom stereocenters. The molecule has 0 aliphatic carbocycles. The van der Waals surface area contributed by atoms with Crippen LogP contribution in [0.3, 0.4) is 0 Å². The summed E-state index contributed by atoms with van der Waals surface area (Å²) >= 11 is 0. The van der Waals surface area contributed by atoms with Crippen molar-refractivity contribution < 1.29 is 13.2 Å². The summed E-state index contributed by atoms with van der Waals surface area (Å²) in [4.78, 5) is 11.5. The lowest BCUT2D eigenvalue weighted by molar-refractivity contribution is -0.138. The summed E-state index contributed by atoms with van der Waals surface area (Å²) in [6, 6.07) is 1.80. The third-order valence-electron chi connectivity index (χ3n) is 2.93. The van der Waals surface area contributed by atoms with Crippen LogP contribution in [-0.2, 0) is 12.7 Å². The number of hydrogen-bond acceptors (Lipinski definition) is 2. The van der Waals surface area contributed by atoms with Gasteiger partial charge in [-0.3, -0.25) is 4.79 Å². The summed E-state index contributed by atoms with van der Waals surface area (Å²) in [7, 11) is 0. The molecule has 2 heterocycles. The summed E-state index contributed by atoms with van der Waals surface area (Å²) in [6.07, 6.45) is -2.60. The molecule has 1 aromatic rings. The SMILES string of the molecule is O=c1ccc(C(F)(F)F)cn1CC1CCNC1. The van der Waals surface area contributed by atoms with Gasteiger partial charge in [-0.05, 0) is 31.5 Å². The predicted molar refractivity (Wildman–Crippen MR) is 56.7 cm³/mol. The van der Waals surface area contributed by atoms with Crippen molar-refractivity contribution in [2.75, 3.05) is 13.1 Å². The Morgan fingerprint density at radius 3 is 2.76 bits per heavy atom. The fraction of sp³-hybridized carbons (Fsp3) is 0.545. The van der Waals surface area contributed by atoms with Crippen LogP contribution >= 0.6 is 0 Å². The highest BCUT2D eigenvalue weighted by atomic mass is 19.4. The molecule has 0 radical (unpaired) electrons. The zero-order valence-electron chi connectivity index (χ0n) is 9.13. The van der Waals surface area contributed by atoms with Gasteiger partial charge in [0, 0.05) is 18.8 Å². The molecule has 1 N–H and O–H groups in total. The Balaban J connectivity index is 2.23. The smallest absolute Gasteiger partial charge is 0.316 e. The molecule has 0 spiro atoms. The van der Waals surface area contributed by atoms with Gasteiger partial charge in [0.1, 0.15) is 0 Å². The van der Waals surface area contributed by atoms with Crippen molar-refractivity contribution in [1.29, 1.82) is 0 Å². The number of hydrogen-bond donors (Lipinski definition) is 1. The van der Waals surface area contributed by atoms with Crippen LogP contribution in [0.2, 0.25) is 0 Å². The van der Waals surface area contributed by atoms with Crippen molar-refractivity contribution in [3.63, 3.8) is 0 Å². The lowest BCUT2D eigenvalue weighted by Crippen LogP contribution is -2.25. The Kier molecular flexibility index (Phi) is 3.24. The van der Waals surface area contributed by atoms with Crippen LogP contribution in [0.1, 0.15) is 12.0 Å². The predicted octanol–water partition coefficient (Wildman–Crippen LogP) is 1.48. The summed E-state index contributed by atoms with van der Waals surface area (Å²) in [5.74, 6) is 0.233. The third-order valence-corrected chi connectivity index (χ3v) is 2.93. The summed E-state index contributed by atoms with van der Waals surface area (Å²) in [5.41, 5.74) is -1.16. The standard InChI is InChI=1S/C11H13F3N2O/c12-11(13,14)9-1-2-10(17)16(7-9)6-8-3-4-15-5-8/h1-2,7-8,15H,3-6H2. The molecule has 1 unspecified atom stereocenters. The highest BCUT2D eigenvalue weighted by Crippen LogP contribution is 2.28. The maximum atomic E-state index is 12.5. The molecule has 0 aromatic carbocycles. The van der Waals surface area contributed by atoms with Gasteiger partial charge in [-0.2, -0.15) is 13.2 Å². The van der Waals surface area contributed by atoms with Crippen molar-refractivity contribution in [3.8, 4) is 0 Å². The van der Waals surface area contributed by atoms with Gasteiger partial charge < -0.3 is 9.88 Å². The number of alkyl halides is 3. The topological polar surface area (TPSA) is 34.0 Å². The van der Waals surface area contributed by atoms with Crippen LogP contribution in [-0.4, -0.2) is 17.7 Å². The molecule has 1 aliphatic heterocycles. The number of nitrogens with zero attached hydrogens (tertiary/aromatic N) is 1. The van der Waals surface area contributed by atoms with E-state index < -0.39 is 11.7 Å². The van der Waals surface area contributed by atoms with Crippen LogP contribution in [0.4, 0.5) is 13.2 Å². The summed E-state index contributed by atoms with van der Waals surface area (Å²) in [6.45, 7) is 1.96. The first-order valence-electron chi connectivity index (χ1n) is 5.45. The average Bonchev–Trinajstić information content (AvgIpc) is 2.72. The molecule has 6 heteroatoms. The van der Waals surface area contributed by atoms with Crippen LogP contribution in [0.25, 0.3) is 0 Å². The van der Waals surface area contributed by atoms with E-state index >= 15 is 0 Å². The van der Waals surface area contributed by atoms with E-state index in [1.165, 1.54) is 0 Å². The molecule has 1 aliphatic rings. The maximum Gasteiger partial charge on any atom is 0.417 e. The quantitative estimate of drug-likeness (QED) is 0.857. The Labute approximate surface area is 96.3 Å². The highest BCUT2D eigenvalue weighted by Gasteiger charge is 2.31. The molecule has 0 saturated carbocycles. The van der Waals surface area contributed by atoms with Gasteiger partial charge in [0.25, 0.3) is 5.56 Å². The molecule has 2 rings (SSSR count). The fourth-order valence-corrected chi connectivity index (χ4v) is 1.99. The lowest BCUT2D eigenvalue weighted by atomic mass is 10.1. The van der Waals surface area contributed by atoms with Gasteiger partial charge in [0.2, 0.25) is 0 Å². The molecular weight excluding hydrogens is 233 g/mol. The minimum absolute atomic E-state index is 0.233. The molecule has 3 nitrogen and oxygen atoms in total. The van der Waals surface area contributed by atoms with E-state index in [2.05, 4.69) is 5.32 Å². The molecule has 17 heavy (non-hydrogen) atoms. The van der Waals surface area contributed by atoms with Crippen molar-refractivity contribution >= 4 is 0 Å². The van der Waals surface area contributed by atoms with Crippen LogP contribution in [0, 0.1) is 5.92 Å².